The van der Waals surface area contributed by atoms with Gasteiger partial charge < -0.3 is 20.1 Å². The van der Waals surface area contributed by atoms with Crippen LogP contribution in [0.25, 0.3) is 11.8 Å². The van der Waals surface area contributed by atoms with Crippen LogP contribution in [0.4, 0.5) is 10.2 Å². The van der Waals surface area contributed by atoms with Crippen molar-refractivity contribution in [3.63, 3.8) is 0 Å². The first kappa shape index (κ1) is 29.7. The second-order valence-corrected chi connectivity index (χ2v) is 13.1. The molecule has 2 heterocycles. The lowest BCUT2D eigenvalue weighted by atomic mass is 10.0. The molecule has 9 heteroatoms. The Morgan fingerprint density at radius 3 is 2.53 bits per heavy atom. The van der Waals surface area contributed by atoms with Crippen molar-refractivity contribution in [2.45, 2.75) is 64.0 Å². The first-order chi connectivity index (χ1) is 21.8. The monoisotopic (exact) mass is 670 g/mol. The highest BCUT2D eigenvalue weighted by Crippen LogP contribution is 2.38. The number of ether oxygens (including phenoxy) is 2. The van der Waals surface area contributed by atoms with Crippen molar-refractivity contribution in [3.8, 4) is 22.9 Å². The van der Waals surface area contributed by atoms with Gasteiger partial charge in [-0.1, -0.05) is 25.0 Å². The van der Waals surface area contributed by atoms with E-state index in [0.29, 0.717) is 29.0 Å². The molecule has 0 bridgehead atoms. The van der Waals surface area contributed by atoms with Crippen LogP contribution in [-0.4, -0.2) is 45.7 Å². The fraction of sp³-hybridized carbons (Fsp3) is 0.333. The predicted molar refractivity (Wildman–Crippen MR) is 177 cm³/mol. The van der Waals surface area contributed by atoms with Crippen LogP contribution in [0.5, 0.6) is 17.2 Å². The van der Waals surface area contributed by atoms with Gasteiger partial charge in [-0.05, 0) is 114 Å². The maximum Gasteiger partial charge on any atom is 0.194 e. The number of piperidine rings is 1. The number of aromatic nitrogens is 2. The molecule has 1 aromatic heterocycles. The Morgan fingerprint density at radius 1 is 1.00 bits per heavy atom. The summed E-state index contributed by atoms with van der Waals surface area (Å²) in [5.41, 5.74) is 11.0. The molecular weight excluding hydrogens is 635 g/mol. The minimum Gasteiger partial charge on any atom is -0.489 e. The fourth-order valence-electron chi connectivity index (χ4n) is 6.82. The molecule has 0 unspecified atom stereocenters. The minimum atomic E-state index is -0.435. The number of hydrogen-bond donors (Lipinski definition) is 1. The van der Waals surface area contributed by atoms with Crippen molar-refractivity contribution in [2.24, 2.45) is 0 Å². The van der Waals surface area contributed by atoms with Crippen LogP contribution in [-0.2, 0) is 6.42 Å². The SMILES string of the molecule is Cc1cc(-n2ncc(C(=O)C3=Cc4cc(OC5CCN(C6CCCC6)CC5)c(Br)cc4C3)c2N)ccc1Oc1ccccc1F. The second kappa shape index (κ2) is 12.4. The first-order valence-electron chi connectivity index (χ1n) is 15.7. The third-order valence-corrected chi connectivity index (χ3v) is 9.94. The third kappa shape index (κ3) is 6.03. The summed E-state index contributed by atoms with van der Waals surface area (Å²) in [7, 11) is 0. The van der Waals surface area contributed by atoms with Gasteiger partial charge in [0.1, 0.15) is 23.4 Å². The van der Waals surface area contributed by atoms with Crippen LogP contribution in [0.15, 0.2) is 70.8 Å². The summed E-state index contributed by atoms with van der Waals surface area (Å²) >= 11 is 3.71. The number of nitrogen functional groups attached to an aromatic ring is 1. The Hall–Kier alpha value is -3.95. The standard InChI is InChI=1S/C36H36BrFN4O3/c1-22-16-27(10-11-32(22)45-33-9-5-4-8-31(33)38)42-36(39)29(21-40-42)35(43)25-17-23-19-30(37)34(20-24(23)18-25)44-28-12-14-41(15-13-28)26-6-2-3-7-26/h4-5,8-11,16,18-21,26,28H,2-3,6-7,12-15,17,39H2,1H3. The van der Waals surface area contributed by atoms with Crippen molar-refractivity contribution in [1.82, 2.24) is 14.7 Å². The summed E-state index contributed by atoms with van der Waals surface area (Å²) in [5.74, 6) is 1.16. The lowest BCUT2D eigenvalue weighted by molar-refractivity contribution is 0.0763. The number of nitrogens with zero attached hydrogens (tertiary/aromatic N) is 3. The number of ketones is 1. The highest BCUT2D eigenvalue weighted by Gasteiger charge is 2.29. The number of hydrogen-bond acceptors (Lipinski definition) is 6. The van der Waals surface area contributed by atoms with E-state index in [1.807, 2.05) is 25.1 Å². The molecule has 0 spiro atoms. The van der Waals surface area contributed by atoms with E-state index >= 15 is 0 Å². The summed E-state index contributed by atoms with van der Waals surface area (Å²) in [6.45, 7) is 4.05. The Kier molecular flexibility index (Phi) is 8.23. The van der Waals surface area contributed by atoms with Gasteiger partial charge in [0, 0.05) is 31.1 Å². The van der Waals surface area contributed by atoms with Gasteiger partial charge in [-0.25, -0.2) is 9.07 Å². The number of rotatable bonds is 8. The van der Waals surface area contributed by atoms with Crippen molar-refractivity contribution in [3.05, 3.63) is 98.9 Å². The Morgan fingerprint density at radius 2 is 1.78 bits per heavy atom. The number of benzene rings is 3. The molecule has 2 fully saturated rings. The average molecular weight is 672 g/mol. The van der Waals surface area contributed by atoms with E-state index in [1.54, 1.807) is 30.3 Å². The number of halogens is 2. The maximum absolute atomic E-state index is 14.1. The number of nitrogens with two attached hydrogens (primary N) is 1. The van der Waals surface area contributed by atoms with E-state index in [9.17, 15) is 9.18 Å². The summed E-state index contributed by atoms with van der Waals surface area (Å²) in [6.07, 6.45) is 11.6. The molecule has 2 N–H and O–H groups in total. The highest BCUT2D eigenvalue weighted by molar-refractivity contribution is 9.10. The molecule has 0 atom stereocenters. The molecule has 0 radical (unpaired) electrons. The average Bonchev–Trinajstić information content (AvgIpc) is 3.80. The quantitative estimate of drug-likeness (QED) is 0.191. The number of fused-ring (bicyclic) bond motifs is 1. The van der Waals surface area contributed by atoms with Crippen molar-refractivity contribution in [2.75, 3.05) is 18.8 Å². The number of allylic oxidation sites excluding steroid dienone is 1. The van der Waals surface area contributed by atoms with E-state index in [0.717, 1.165) is 58.9 Å². The van der Waals surface area contributed by atoms with Gasteiger partial charge in [-0.2, -0.15) is 5.10 Å². The van der Waals surface area contributed by atoms with Crippen molar-refractivity contribution >= 4 is 33.6 Å². The van der Waals surface area contributed by atoms with Crippen LogP contribution in [0, 0.1) is 12.7 Å². The van der Waals surface area contributed by atoms with Crippen LogP contribution in [0.3, 0.4) is 0 Å². The van der Waals surface area contributed by atoms with Crippen molar-refractivity contribution < 1.29 is 18.7 Å². The molecule has 3 aromatic carbocycles. The zero-order valence-electron chi connectivity index (χ0n) is 25.3. The number of para-hydroxylation sites is 1. The molecule has 1 saturated carbocycles. The van der Waals surface area contributed by atoms with Crippen LogP contribution in [0.1, 0.15) is 65.6 Å². The summed E-state index contributed by atoms with van der Waals surface area (Å²) < 4.78 is 28.8. The largest absolute Gasteiger partial charge is 0.489 e. The number of Topliss-reactive ketones (excluding diaryl/α,β-unsaturated/α-hetero) is 1. The maximum atomic E-state index is 14.1. The first-order valence-corrected chi connectivity index (χ1v) is 16.5. The molecule has 1 aliphatic heterocycles. The molecule has 7 rings (SSSR count). The van der Waals surface area contributed by atoms with Gasteiger partial charge in [0.15, 0.2) is 17.3 Å². The fourth-order valence-corrected chi connectivity index (χ4v) is 7.31. The smallest absolute Gasteiger partial charge is 0.194 e. The summed E-state index contributed by atoms with van der Waals surface area (Å²) in [6, 6.07) is 16.5. The van der Waals surface area contributed by atoms with Gasteiger partial charge in [-0.3, -0.25) is 4.79 Å². The number of carbonyl (C=O) groups excluding carboxylic acids is 1. The molecule has 4 aromatic rings. The third-order valence-electron chi connectivity index (χ3n) is 9.32. The normalized spacial score (nSPS) is 17.4. The van der Waals surface area contributed by atoms with Gasteiger partial charge in [-0.15, -0.1) is 0 Å². The Labute approximate surface area is 270 Å². The summed E-state index contributed by atoms with van der Waals surface area (Å²) in [5, 5.41) is 4.43. The van der Waals surface area contributed by atoms with Gasteiger partial charge in [0.25, 0.3) is 0 Å². The number of likely N-dealkylation sites (tertiary alicyclic amines) is 1. The highest BCUT2D eigenvalue weighted by atomic mass is 79.9. The predicted octanol–water partition coefficient (Wildman–Crippen LogP) is 8.07. The molecule has 3 aliphatic rings. The van der Waals surface area contributed by atoms with Gasteiger partial charge >= 0.3 is 0 Å². The van der Waals surface area contributed by atoms with Crippen LogP contribution in [0.2, 0.25) is 0 Å². The van der Waals surface area contributed by atoms with E-state index in [2.05, 4.69) is 32.0 Å². The second-order valence-electron chi connectivity index (χ2n) is 12.3. The van der Waals surface area contributed by atoms with Crippen molar-refractivity contribution in [1.29, 1.82) is 0 Å². The van der Waals surface area contributed by atoms with Gasteiger partial charge in [0.2, 0.25) is 0 Å². The zero-order chi connectivity index (χ0) is 31.1. The van der Waals surface area contributed by atoms with E-state index in [1.165, 1.54) is 42.6 Å². The zero-order valence-corrected chi connectivity index (χ0v) is 26.9. The Bertz CT molecular complexity index is 1790. The molecule has 232 valence electrons. The Balaban J connectivity index is 1.04. The van der Waals surface area contributed by atoms with Crippen LogP contribution >= 0.6 is 15.9 Å². The minimum absolute atomic E-state index is 0.149. The summed E-state index contributed by atoms with van der Waals surface area (Å²) in [4.78, 5) is 16.3. The lowest BCUT2D eigenvalue weighted by Gasteiger charge is -2.36. The molecule has 7 nitrogen and oxygen atoms in total. The number of anilines is 1. The number of aryl methyl sites for hydroxylation is 1. The molecule has 45 heavy (non-hydrogen) atoms. The molecule has 0 amide bonds. The molecule has 2 aliphatic carbocycles. The van der Waals surface area contributed by atoms with E-state index < -0.39 is 5.82 Å². The number of carbonyl (C=O) groups is 1. The van der Waals surface area contributed by atoms with E-state index in [4.69, 9.17) is 15.2 Å². The van der Waals surface area contributed by atoms with E-state index in [-0.39, 0.29) is 23.5 Å². The lowest BCUT2D eigenvalue weighted by Crippen LogP contribution is -2.43. The van der Waals surface area contributed by atoms with Gasteiger partial charge in [0.05, 0.1) is 21.9 Å². The topological polar surface area (TPSA) is 82.6 Å². The van der Waals surface area contributed by atoms with Crippen LogP contribution < -0.4 is 15.2 Å². The molecule has 1 saturated heterocycles. The molecular formula is C36H36BrFN4O3.